The minimum absolute atomic E-state index is 0.199. The number of nitrogens with zero attached hydrogens (tertiary/aromatic N) is 3. The maximum Gasteiger partial charge on any atom is 0.410 e. The molecule has 3 aromatic rings. The second-order valence-corrected chi connectivity index (χ2v) is 13.4. The minimum Gasteiger partial charge on any atom is -0.444 e. The van der Waals surface area contributed by atoms with E-state index in [2.05, 4.69) is 4.98 Å². The van der Waals surface area contributed by atoms with E-state index in [9.17, 15) is 26.0 Å². The first kappa shape index (κ1) is 28.3. The number of rotatable bonds is 7. The molecule has 13 heteroatoms. The van der Waals surface area contributed by atoms with Gasteiger partial charge in [0.25, 0.3) is 10.0 Å². The van der Waals surface area contributed by atoms with Crippen LogP contribution in [0.3, 0.4) is 0 Å². The van der Waals surface area contributed by atoms with Gasteiger partial charge in [0.15, 0.2) is 15.7 Å². The molecule has 2 aromatic heterocycles. The van der Waals surface area contributed by atoms with Gasteiger partial charge in [-0.25, -0.2) is 35.0 Å². The molecule has 0 atom stereocenters. The van der Waals surface area contributed by atoms with Gasteiger partial charge in [0.05, 0.1) is 16.2 Å². The first-order valence-corrected chi connectivity index (χ1v) is 14.5. The molecular weight excluding hydrogens is 528 g/mol. The van der Waals surface area contributed by atoms with Gasteiger partial charge in [0.2, 0.25) is 5.95 Å². The Morgan fingerprint density at radius 3 is 2.38 bits per heavy atom. The highest BCUT2D eigenvalue weighted by molar-refractivity contribution is 7.90. The Balaban J connectivity index is 2.13. The van der Waals surface area contributed by atoms with E-state index >= 15 is 4.39 Å². The molecule has 9 nitrogen and oxygen atoms in total. The van der Waals surface area contributed by atoms with Gasteiger partial charge in [-0.15, -0.1) is 0 Å². The molecule has 3 rings (SSSR count). The summed E-state index contributed by atoms with van der Waals surface area (Å²) >= 11 is 0. The molecular formula is C24H27F2N3O6S2. The zero-order valence-electron chi connectivity index (χ0n) is 20.9. The van der Waals surface area contributed by atoms with E-state index in [1.54, 1.807) is 20.8 Å². The molecule has 0 bridgehead atoms. The maximum absolute atomic E-state index is 15.6. The summed E-state index contributed by atoms with van der Waals surface area (Å²) < 4.78 is 86.5. The van der Waals surface area contributed by atoms with Crippen molar-refractivity contribution in [2.24, 2.45) is 0 Å². The van der Waals surface area contributed by atoms with Crippen molar-refractivity contribution >= 4 is 26.0 Å². The van der Waals surface area contributed by atoms with Gasteiger partial charge in [0, 0.05) is 36.8 Å². The number of hydrogen-bond acceptors (Lipinski definition) is 7. The van der Waals surface area contributed by atoms with Crippen molar-refractivity contribution in [2.45, 2.75) is 43.6 Å². The van der Waals surface area contributed by atoms with Crippen molar-refractivity contribution in [3.05, 3.63) is 71.7 Å². The Morgan fingerprint density at radius 2 is 1.78 bits per heavy atom. The number of aromatic nitrogens is 2. The molecule has 1 aromatic carbocycles. The quantitative estimate of drug-likeness (QED) is 0.405. The van der Waals surface area contributed by atoms with Crippen molar-refractivity contribution in [1.29, 1.82) is 0 Å². The van der Waals surface area contributed by atoms with Crippen molar-refractivity contribution in [2.75, 3.05) is 13.3 Å². The monoisotopic (exact) mass is 555 g/mol. The van der Waals surface area contributed by atoms with Crippen LogP contribution >= 0.6 is 0 Å². The third-order valence-corrected chi connectivity index (χ3v) is 8.03. The summed E-state index contributed by atoms with van der Waals surface area (Å²) in [4.78, 5) is 16.8. The van der Waals surface area contributed by atoms with Crippen molar-refractivity contribution in [3.63, 3.8) is 0 Å². The summed E-state index contributed by atoms with van der Waals surface area (Å²) in [5.41, 5.74) is -1.78. The first-order chi connectivity index (χ1) is 17.0. The molecule has 0 aliphatic carbocycles. The molecule has 0 radical (unpaired) electrons. The summed E-state index contributed by atoms with van der Waals surface area (Å²) in [5, 5.41) is 0. The predicted octanol–water partition coefficient (Wildman–Crippen LogP) is 3.98. The fourth-order valence-corrected chi connectivity index (χ4v) is 5.57. The van der Waals surface area contributed by atoms with Gasteiger partial charge < -0.3 is 9.64 Å². The van der Waals surface area contributed by atoms with E-state index in [1.165, 1.54) is 36.2 Å². The molecule has 0 fully saturated rings. The zero-order valence-corrected chi connectivity index (χ0v) is 22.5. The Labute approximate surface area is 214 Å². The van der Waals surface area contributed by atoms with Crippen LogP contribution in [0.25, 0.3) is 11.3 Å². The summed E-state index contributed by atoms with van der Waals surface area (Å²) in [6.45, 7) is 4.66. The number of hydrogen-bond donors (Lipinski definition) is 0. The lowest BCUT2D eigenvalue weighted by Gasteiger charge is -2.30. The maximum atomic E-state index is 15.6. The van der Waals surface area contributed by atoms with E-state index in [0.29, 0.717) is 3.97 Å². The van der Waals surface area contributed by atoms with E-state index in [1.807, 2.05) is 0 Å². The lowest BCUT2D eigenvalue weighted by Crippen LogP contribution is -2.42. The Hall–Kier alpha value is -3.32. The highest BCUT2D eigenvalue weighted by Crippen LogP contribution is 2.32. The number of sulfone groups is 1. The van der Waals surface area contributed by atoms with E-state index < -0.39 is 66.9 Å². The van der Waals surface area contributed by atoms with Crippen LogP contribution in [0.5, 0.6) is 0 Å². The predicted molar refractivity (Wildman–Crippen MR) is 133 cm³/mol. The number of carbonyl (C=O) groups excluding carboxylic acids is 1. The lowest BCUT2D eigenvalue weighted by atomic mass is 10.1. The summed E-state index contributed by atoms with van der Waals surface area (Å²) in [7, 11) is -6.53. The van der Waals surface area contributed by atoms with E-state index in [-0.39, 0.29) is 16.0 Å². The highest BCUT2D eigenvalue weighted by Gasteiger charge is 2.30. The largest absolute Gasteiger partial charge is 0.444 e. The average Bonchev–Trinajstić information content (AvgIpc) is 3.12. The van der Waals surface area contributed by atoms with Crippen molar-refractivity contribution < 1.29 is 35.1 Å². The summed E-state index contributed by atoms with van der Waals surface area (Å²) in [6, 6.07) is 7.62. The van der Waals surface area contributed by atoms with Crippen LogP contribution in [0.1, 0.15) is 31.9 Å². The Bertz CT molecular complexity index is 1540. The summed E-state index contributed by atoms with van der Waals surface area (Å²) in [6.07, 6.45) is 2.26. The second-order valence-electron chi connectivity index (χ2n) is 9.46. The van der Waals surface area contributed by atoms with Gasteiger partial charge >= 0.3 is 6.09 Å². The molecule has 0 aliphatic rings. The SMILES string of the molecule is CN(C(=O)OCc1cn(S(=O)(=O)c2cccc(CS(C)(=O)=O)c2)c(-c2cccnc2F)c1F)C(C)(C)C. The normalized spacial score (nSPS) is 12.4. The fraction of sp³-hybridized carbons (Fsp3) is 0.333. The Kier molecular flexibility index (Phi) is 7.80. The number of amides is 1. The van der Waals surface area contributed by atoms with Gasteiger partial charge in [-0.2, -0.15) is 4.39 Å². The fourth-order valence-electron chi connectivity index (χ4n) is 3.32. The molecule has 0 N–H and O–H groups in total. The van der Waals surface area contributed by atoms with Crippen LogP contribution in [-0.4, -0.2) is 55.6 Å². The molecule has 2 heterocycles. The van der Waals surface area contributed by atoms with Crippen LogP contribution in [0.15, 0.2) is 53.7 Å². The number of halogens is 2. The molecule has 0 unspecified atom stereocenters. The molecule has 37 heavy (non-hydrogen) atoms. The van der Waals surface area contributed by atoms with Gasteiger partial charge in [-0.1, -0.05) is 12.1 Å². The first-order valence-electron chi connectivity index (χ1n) is 11.0. The van der Waals surface area contributed by atoms with Crippen LogP contribution in [0, 0.1) is 11.8 Å². The summed E-state index contributed by atoms with van der Waals surface area (Å²) in [5.74, 6) is -2.64. The average molecular weight is 556 g/mol. The topological polar surface area (TPSA) is 116 Å². The van der Waals surface area contributed by atoms with Gasteiger partial charge in [-0.05, 0) is 50.6 Å². The highest BCUT2D eigenvalue weighted by atomic mass is 32.2. The zero-order chi connectivity index (χ0) is 27.8. The molecule has 1 amide bonds. The molecule has 0 saturated carbocycles. The molecule has 0 spiro atoms. The van der Waals surface area contributed by atoms with Crippen LogP contribution in [-0.2, 0) is 37.0 Å². The van der Waals surface area contributed by atoms with Crippen molar-refractivity contribution in [1.82, 2.24) is 13.9 Å². The minimum atomic E-state index is -4.56. The van der Waals surface area contributed by atoms with Crippen LogP contribution in [0.2, 0.25) is 0 Å². The molecule has 0 saturated heterocycles. The number of pyridine rings is 1. The Morgan fingerprint density at radius 1 is 1.11 bits per heavy atom. The van der Waals surface area contributed by atoms with Crippen LogP contribution < -0.4 is 0 Å². The second kappa shape index (κ2) is 10.2. The third kappa shape index (κ3) is 6.34. The number of ether oxygens (including phenoxy) is 1. The smallest absolute Gasteiger partial charge is 0.410 e. The molecule has 0 aliphatic heterocycles. The van der Waals surface area contributed by atoms with E-state index in [4.69, 9.17) is 4.74 Å². The number of carbonyl (C=O) groups is 1. The van der Waals surface area contributed by atoms with Crippen LogP contribution in [0.4, 0.5) is 13.6 Å². The number of benzene rings is 1. The third-order valence-electron chi connectivity index (χ3n) is 5.51. The standard InChI is InChI=1S/C24H27F2N3O6S2/c1-24(2,3)28(4)23(30)35-14-17-13-29(21(20(17)25)19-10-7-11-27-22(19)26)37(33,34)18-9-6-8-16(12-18)15-36(5,31)32/h6-13H,14-15H2,1-5H3. The lowest BCUT2D eigenvalue weighted by molar-refractivity contribution is 0.0753. The van der Waals surface area contributed by atoms with Crippen molar-refractivity contribution in [3.8, 4) is 11.3 Å². The molecule has 200 valence electrons. The van der Waals surface area contributed by atoms with E-state index in [0.717, 1.165) is 30.8 Å². The van der Waals surface area contributed by atoms with Gasteiger partial charge in [0.1, 0.15) is 12.3 Å². The van der Waals surface area contributed by atoms with Gasteiger partial charge in [-0.3, -0.25) is 0 Å².